The van der Waals surface area contributed by atoms with E-state index in [0.717, 1.165) is 0 Å². The molecule has 0 saturated heterocycles. The zero-order valence-corrected chi connectivity index (χ0v) is 8.56. The van der Waals surface area contributed by atoms with E-state index < -0.39 is 6.03 Å². The smallest absolute Gasteiger partial charge is 0.312 e. The molecule has 16 heavy (non-hydrogen) atoms. The summed E-state index contributed by atoms with van der Waals surface area (Å²) in [4.78, 5) is 21.8. The van der Waals surface area contributed by atoms with E-state index >= 15 is 0 Å². The number of rotatable bonds is 4. The number of hydrogen-bond donors (Lipinski definition) is 4. The van der Waals surface area contributed by atoms with Gasteiger partial charge in [-0.1, -0.05) is 6.07 Å². The van der Waals surface area contributed by atoms with Gasteiger partial charge in [-0.15, -0.1) is 0 Å². The SMILES string of the molecule is NC(=O)NCCNC(=O)c1cccc(O)c1. The van der Waals surface area contributed by atoms with Crippen LogP contribution >= 0.6 is 0 Å². The first kappa shape index (κ1) is 11.8. The molecule has 1 aromatic rings. The predicted molar refractivity (Wildman–Crippen MR) is 58.0 cm³/mol. The second-order valence-corrected chi connectivity index (χ2v) is 3.10. The highest BCUT2D eigenvalue weighted by Gasteiger charge is 2.04. The molecule has 0 aliphatic heterocycles. The van der Waals surface area contributed by atoms with Gasteiger partial charge in [-0.25, -0.2) is 4.79 Å². The summed E-state index contributed by atoms with van der Waals surface area (Å²) in [6.07, 6.45) is 0. The van der Waals surface area contributed by atoms with Gasteiger partial charge < -0.3 is 21.5 Å². The van der Waals surface area contributed by atoms with E-state index in [1.807, 2.05) is 0 Å². The fourth-order valence-electron chi connectivity index (χ4n) is 1.11. The molecular formula is C10H13N3O3. The van der Waals surface area contributed by atoms with Crippen molar-refractivity contribution in [2.45, 2.75) is 0 Å². The van der Waals surface area contributed by atoms with Gasteiger partial charge in [0.2, 0.25) is 0 Å². The summed E-state index contributed by atoms with van der Waals surface area (Å²) in [7, 11) is 0. The van der Waals surface area contributed by atoms with E-state index in [1.54, 1.807) is 12.1 Å². The van der Waals surface area contributed by atoms with Crippen LogP contribution in [-0.2, 0) is 0 Å². The molecule has 1 aromatic carbocycles. The first-order valence-corrected chi connectivity index (χ1v) is 4.70. The molecule has 0 radical (unpaired) electrons. The van der Waals surface area contributed by atoms with Crippen LogP contribution in [0.5, 0.6) is 5.75 Å². The van der Waals surface area contributed by atoms with Crippen molar-refractivity contribution in [3.05, 3.63) is 29.8 Å². The number of carbonyl (C=O) groups excluding carboxylic acids is 2. The Morgan fingerprint density at radius 3 is 2.56 bits per heavy atom. The lowest BCUT2D eigenvalue weighted by molar-refractivity contribution is 0.0953. The minimum absolute atomic E-state index is 0.0305. The van der Waals surface area contributed by atoms with E-state index in [9.17, 15) is 9.59 Å². The third-order valence-electron chi connectivity index (χ3n) is 1.82. The molecule has 0 fully saturated rings. The second-order valence-electron chi connectivity index (χ2n) is 3.10. The van der Waals surface area contributed by atoms with Crippen LogP contribution in [0.15, 0.2) is 24.3 Å². The Bertz CT molecular complexity index is 393. The van der Waals surface area contributed by atoms with Gasteiger partial charge >= 0.3 is 6.03 Å². The van der Waals surface area contributed by atoms with Crippen LogP contribution in [0.4, 0.5) is 4.79 Å². The Kier molecular flexibility index (Phi) is 4.14. The number of carbonyl (C=O) groups is 2. The first-order chi connectivity index (χ1) is 7.59. The lowest BCUT2D eigenvalue weighted by Crippen LogP contribution is -2.37. The Labute approximate surface area is 92.4 Å². The zero-order valence-electron chi connectivity index (χ0n) is 8.56. The lowest BCUT2D eigenvalue weighted by atomic mass is 10.2. The topological polar surface area (TPSA) is 104 Å². The van der Waals surface area contributed by atoms with Crippen LogP contribution in [0, 0.1) is 0 Å². The number of nitrogens with one attached hydrogen (secondary N) is 2. The molecule has 0 saturated carbocycles. The third-order valence-corrected chi connectivity index (χ3v) is 1.82. The van der Waals surface area contributed by atoms with Gasteiger partial charge in [0.05, 0.1) is 0 Å². The number of phenolic OH excluding ortho intramolecular Hbond substituents is 1. The van der Waals surface area contributed by atoms with E-state index in [4.69, 9.17) is 10.8 Å². The standard InChI is InChI=1S/C10H13N3O3/c11-10(16)13-5-4-12-9(15)7-2-1-3-8(14)6-7/h1-3,6,14H,4-5H2,(H,12,15)(H3,11,13,16). The monoisotopic (exact) mass is 223 g/mol. The van der Waals surface area contributed by atoms with Gasteiger partial charge in [-0.3, -0.25) is 4.79 Å². The maximum atomic E-state index is 11.5. The summed E-state index contributed by atoms with van der Waals surface area (Å²) < 4.78 is 0. The molecule has 1 rings (SSSR count). The molecule has 5 N–H and O–H groups in total. The molecule has 0 heterocycles. The summed E-state index contributed by atoms with van der Waals surface area (Å²) in [6.45, 7) is 0.539. The van der Waals surface area contributed by atoms with Crippen molar-refractivity contribution in [1.82, 2.24) is 10.6 Å². The fourth-order valence-corrected chi connectivity index (χ4v) is 1.11. The van der Waals surface area contributed by atoms with Crippen molar-refractivity contribution in [3.63, 3.8) is 0 Å². The summed E-state index contributed by atoms with van der Waals surface area (Å²) in [5, 5.41) is 14.1. The van der Waals surface area contributed by atoms with Crippen molar-refractivity contribution in [1.29, 1.82) is 0 Å². The largest absolute Gasteiger partial charge is 0.508 e. The van der Waals surface area contributed by atoms with Gasteiger partial charge in [0.1, 0.15) is 5.75 Å². The van der Waals surface area contributed by atoms with E-state index in [1.165, 1.54) is 12.1 Å². The van der Waals surface area contributed by atoms with Crippen molar-refractivity contribution in [2.24, 2.45) is 5.73 Å². The highest BCUT2D eigenvalue weighted by atomic mass is 16.3. The van der Waals surface area contributed by atoms with Gasteiger partial charge in [-0.2, -0.15) is 0 Å². The molecule has 0 unspecified atom stereocenters. The Balaban J connectivity index is 2.38. The molecule has 0 aromatic heterocycles. The number of hydrogen-bond acceptors (Lipinski definition) is 3. The highest BCUT2D eigenvalue weighted by Crippen LogP contribution is 2.10. The van der Waals surface area contributed by atoms with Crippen molar-refractivity contribution in [3.8, 4) is 5.75 Å². The number of aromatic hydroxyl groups is 1. The Hall–Kier alpha value is -2.24. The average Bonchev–Trinajstić information content (AvgIpc) is 2.24. The molecule has 6 heteroatoms. The number of benzene rings is 1. The minimum atomic E-state index is -0.633. The quantitative estimate of drug-likeness (QED) is 0.531. The second kappa shape index (κ2) is 5.59. The Morgan fingerprint density at radius 2 is 1.94 bits per heavy atom. The molecule has 0 aliphatic rings. The normalized spacial score (nSPS) is 9.50. The number of primary amides is 1. The first-order valence-electron chi connectivity index (χ1n) is 4.70. The van der Waals surface area contributed by atoms with Gasteiger partial charge in [0.25, 0.3) is 5.91 Å². The van der Waals surface area contributed by atoms with E-state index in [0.29, 0.717) is 5.56 Å². The zero-order chi connectivity index (χ0) is 12.0. The molecule has 0 bridgehead atoms. The molecule has 86 valence electrons. The number of nitrogens with two attached hydrogens (primary N) is 1. The number of urea groups is 1. The van der Waals surface area contributed by atoms with Crippen LogP contribution in [0.3, 0.4) is 0 Å². The van der Waals surface area contributed by atoms with Gasteiger partial charge in [0.15, 0.2) is 0 Å². The molecule has 3 amide bonds. The molecule has 0 atom stereocenters. The summed E-state index contributed by atoms with van der Waals surface area (Å²) in [5.41, 5.74) is 5.20. The number of phenols is 1. The maximum absolute atomic E-state index is 11.5. The fraction of sp³-hybridized carbons (Fsp3) is 0.200. The summed E-state index contributed by atoms with van der Waals surface area (Å²) >= 11 is 0. The van der Waals surface area contributed by atoms with Crippen LogP contribution in [0.2, 0.25) is 0 Å². The van der Waals surface area contributed by atoms with Crippen LogP contribution in [-0.4, -0.2) is 30.1 Å². The van der Waals surface area contributed by atoms with Crippen molar-refractivity contribution in [2.75, 3.05) is 13.1 Å². The van der Waals surface area contributed by atoms with Crippen molar-refractivity contribution < 1.29 is 14.7 Å². The molecule has 0 spiro atoms. The minimum Gasteiger partial charge on any atom is -0.508 e. The lowest BCUT2D eigenvalue weighted by Gasteiger charge is -2.05. The average molecular weight is 223 g/mol. The predicted octanol–water partition coefficient (Wildman–Crippen LogP) is -0.210. The van der Waals surface area contributed by atoms with Crippen molar-refractivity contribution >= 4 is 11.9 Å². The van der Waals surface area contributed by atoms with Crippen LogP contribution < -0.4 is 16.4 Å². The maximum Gasteiger partial charge on any atom is 0.312 e. The number of amides is 3. The Morgan fingerprint density at radius 1 is 1.25 bits per heavy atom. The summed E-state index contributed by atoms with van der Waals surface area (Å²) in [5.74, 6) is -0.287. The van der Waals surface area contributed by atoms with Gasteiger partial charge in [0, 0.05) is 18.7 Å². The summed E-state index contributed by atoms with van der Waals surface area (Å²) in [6, 6.07) is 5.36. The van der Waals surface area contributed by atoms with E-state index in [-0.39, 0.29) is 24.7 Å². The molecule has 6 nitrogen and oxygen atoms in total. The van der Waals surface area contributed by atoms with Crippen LogP contribution in [0.25, 0.3) is 0 Å². The highest BCUT2D eigenvalue weighted by molar-refractivity contribution is 5.94. The van der Waals surface area contributed by atoms with Crippen LogP contribution in [0.1, 0.15) is 10.4 Å². The third kappa shape index (κ3) is 3.87. The van der Waals surface area contributed by atoms with E-state index in [2.05, 4.69) is 10.6 Å². The van der Waals surface area contributed by atoms with Gasteiger partial charge in [-0.05, 0) is 18.2 Å². The molecular weight excluding hydrogens is 210 g/mol. The molecule has 0 aliphatic carbocycles.